The van der Waals surface area contributed by atoms with Gasteiger partial charge >= 0.3 is 5.97 Å². The van der Waals surface area contributed by atoms with Gasteiger partial charge in [0.05, 0.1) is 7.11 Å². The van der Waals surface area contributed by atoms with Crippen LogP contribution < -0.4 is 4.72 Å². The third-order valence-electron chi connectivity index (χ3n) is 5.15. The molecule has 0 bridgehead atoms. The van der Waals surface area contributed by atoms with E-state index in [1.807, 2.05) is 0 Å². The highest BCUT2D eigenvalue weighted by molar-refractivity contribution is 7.98. The van der Waals surface area contributed by atoms with Crippen LogP contribution in [-0.4, -0.2) is 52.3 Å². The molecule has 1 N–H and O–H groups in total. The van der Waals surface area contributed by atoms with E-state index < -0.39 is 16.0 Å². The molecule has 29 heavy (non-hydrogen) atoms. The molecule has 1 saturated heterocycles. The van der Waals surface area contributed by atoms with Gasteiger partial charge in [-0.15, -0.1) is 23.1 Å². The fourth-order valence-corrected chi connectivity index (χ4v) is 6.54. The molecule has 0 unspecified atom stereocenters. The molecule has 1 aromatic carbocycles. The molecule has 1 aliphatic heterocycles. The number of thioether (sulfide) groups is 1. The summed E-state index contributed by atoms with van der Waals surface area (Å²) in [5, 5.41) is 1.59. The van der Waals surface area contributed by atoms with Crippen molar-refractivity contribution in [1.82, 2.24) is 9.62 Å². The molecule has 0 radical (unpaired) electrons. The van der Waals surface area contributed by atoms with Crippen molar-refractivity contribution in [2.24, 2.45) is 5.92 Å². The van der Waals surface area contributed by atoms with Crippen LogP contribution in [0.5, 0.6) is 0 Å². The number of carbonyl (C=O) groups excluding carboxylic acids is 1. The van der Waals surface area contributed by atoms with E-state index in [1.54, 1.807) is 17.1 Å². The smallest absolute Gasteiger partial charge is 0.349 e. The number of carbonyl (C=O) groups is 1. The van der Waals surface area contributed by atoms with Gasteiger partial charge in [-0.2, -0.15) is 0 Å². The molecular formula is C20H26N2O4S3. The third-order valence-corrected chi connectivity index (χ3v) is 8.47. The topological polar surface area (TPSA) is 75.7 Å². The maximum Gasteiger partial charge on any atom is 0.349 e. The highest BCUT2D eigenvalue weighted by Crippen LogP contribution is 2.25. The summed E-state index contributed by atoms with van der Waals surface area (Å²) in [5.74, 6) is -0.337. The number of nitrogens with zero attached hydrogens (tertiary/aromatic N) is 1. The van der Waals surface area contributed by atoms with E-state index in [1.165, 1.54) is 23.6 Å². The first kappa shape index (κ1) is 22.3. The molecule has 6 nitrogen and oxygen atoms in total. The highest BCUT2D eigenvalue weighted by atomic mass is 32.2. The largest absolute Gasteiger partial charge is 0.465 e. The zero-order valence-corrected chi connectivity index (χ0v) is 19.0. The molecule has 1 aliphatic rings. The normalized spacial score (nSPS) is 16.1. The second-order valence-electron chi connectivity index (χ2n) is 6.99. The quantitative estimate of drug-likeness (QED) is 0.486. The van der Waals surface area contributed by atoms with Crippen LogP contribution in [0, 0.1) is 5.92 Å². The van der Waals surface area contributed by atoms with Gasteiger partial charge in [-0.1, -0.05) is 18.2 Å². The Labute approximate surface area is 180 Å². The van der Waals surface area contributed by atoms with Gasteiger partial charge in [0, 0.05) is 18.0 Å². The molecule has 3 rings (SSSR count). The van der Waals surface area contributed by atoms with Gasteiger partial charge in [0.15, 0.2) is 0 Å². The van der Waals surface area contributed by atoms with E-state index >= 15 is 0 Å². The van der Waals surface area contributed by atoms with Crippen molar-refractivity contribution in [3.63, 3.8) is 0 Å². The number of hydrogen-bond donors (Lipinski definition) is 1. The number of nitrogens with one attached hydrogen (secondary N) is 1. The number of ether oxygens (including phenoxy) is 1. The number of methoxy groups -OCH3 is 1. The minimum absolute atomic E-state index is 0.000425. The lowest BCUT2D eigenvalue weighted by Crippen LogP contribution is -2.38. The summed E-state index contributed by atoms with van der Waals surface area (Å²) < 4.78 is 32.6. The first-order valence-electron chi connectivity index (χ1n) is 9.44. The number of sulfonamides is 1. The standard InChI is InChI=1S/C20H26N2O4S3/c1-26-20(23)19-18(9-12-28-19)29(24,25)21-13-15-7-10-22(11-8-15)14-16-5-3-4-6-17(16)27-2/h3-6,9,12,15,21H,7-8,10-11,13-14H2,1-2H3. The zero-order chi connectivity index (χ0) is 20.9. The molecule has 0 spiro atoms. The first-order chi connectivity index (χ1) is 13.9. The molecule has 9 heteroatoms. The van der Waals surface area contributed by atoms with Gasteiger partial charge in [0.25, 0.3) is 0 Å². The second-order valence-corrected chi connectivity index (χ2v) is 10.5. The molecule has 0 aliphatic carbocycles. The summed E-state index contributed by atoms with van der Waals surface area (Å²) in [4.78, 5) is 15.6. The van der Waals surface area contributed by atoms with Gasteiger partial charge in [0.2, 0.25) is 10.0 Å². The van der Waals surface area contributed by atoms with Crippen LogP contribution >= 0.6 is 23.1 Å². The number of thiophene rings is 1. The van der Waals surface area contributed by atoms with E-state index in [4.69, 9.17) is 0 Å². The molecule has 1 fully saturated rings. The van der Waals surface area contributed by atoms with E-state index in [9.17, 15) is 13.2 Å². The summed E-state index contributed by atoms with van der Waals surface area (Å²) in [6, 6.07) is 9.90. The number of rotatable bonds is 8. The summed E-state index contributed by atoms with van der Waals surface area (Å²) in [6.45, 7) is 3.20. The Balaban J connectivity index is 1.52. The molecule has 1 aromatic heterocycles. The Morgan fingerprint density at radius 1 is 1.28 bits per heavy atom. The van der Waals surface area contributed by atoms with E-state index in [0.717, 1.165) is 43.8 Å². The molecule has 0 atom stereocenters. The van der Waals surface area contributed by atoms with E-state index in [-0.39, 0.29) is 15.7 Å². The SMILES string of the molecule is COC(=O)c1sccc1S(=O)(=O)NCC1CCN(Cc2ccccc2SC)CC1. The summed E-state index contributed by atoms with van der Waals surface area (Å²) in [6.07, 6.45) is 3.98. The Kier molecular flexibility index (Phi) is 7.75. The zero-order valence-electron chi connectivity index (χ0n) is 16.6. The van der Waals surface area contributed by atoms with Crippen LogP contribution in [0.3, 0.4) is 0 Å². The van der Waals surface area contributed by atoms with Crippen molar-refractivity contribution in [2.45, 2.75) is 29.2 Å². The van der Waals surface area contributed by atoms with Crippen LogP contribution in [0.1, 0.15) is 28.1 Å². The van der Waals surface area contributed by atoms with Crippen LogP contribution in [0.15, 0.2) is 45.5 Å². The average Bonchev–Trinajstić information content (AvgIpc) is 3.24. The monoisotopic (exact) mass is 454 g/mol. The first-order valence-corrected chi connectivity index (χ1v) is 13.0. The van der Waals surface area contributed by atoms with Crippen LogP contribution in [0.4, 0.5) is 0 Å². The van der Waals surface area contributed by atoms with Crippen molar-refractivity contribution in [3.05, 3.63) is 46.2 Å². The molecule has 2 heterocycles. The predicted octanol–water partition coefficient (Wildman–Crippen LogP) is 3.45. The number of likely N-dealkylation sites (tertiary alicyclic amines) is 1. The maximum absolute atomic E-state index is 12.6. The van der Waals surface area contributed by atoms with Gasteiger partial charge in [-0.3, -0.25) is 4.90 Å². The van der Waals surface area contributed by atoms with Crippen LogP contribution in [-0.2, 0) is 21.3 Å². The lowest BCUT2D eigenvalue weighted by Gasteiger charge is -2.32. The molecule has 0 saturated carbocycles. The second kappa shape index (κ2) is 10.1. The maximum atomic E-state index is 12.6. The van der Waals surface area contributed by atoms with Crippen molar-refractivity contribution in [2.75, 3.05) is 33.0 Å². The summed E-state index contributed by atoms with van der Waals surface area (Å²) >= 11 is 2.84. The number of hydrogen-bond acceptors (Lipinski definition) is 7. The minimum atomic E-state index is -3.73. The summed E-state index contributed by atoms with van der Waals surface area (Å²) in [7, 11) is -2.48. The average molecular weight is 455 g/mol. The number of piperidine rings is 1. The molecule has 158 valence electrons. The Morgan fingerprint density at radius 3 is 2.69 bits per heavy atom. The van der Waals surface area contributed by atoms with Gasteiger partial charge in [-0.25, -0.2) is 17.9 Å². The fraction of sp³-hybridized carbons (Fsp3) is 0.450. The molecular weight excluding hydrogens is 428 g/mol. The Morgan fingerprint density at radius 2 is 2.00 bits per heavy atom. The molecule has 2 aromatic rings. The summed E-state index contributed by atoms with van der Waals surface area (Å²) in [5.41, 5.74) is 1.34. The number of esters is 1. The van der Waals surface area contributed by atoms with E-state index in [0.29, 0.717) is 6.54 Å². The molecule has 0 amide bonds. The van der Waals surface area contributed by atoms with Crippen LogP contribution in [0.2, 0.25) is 0 Å². The lowest BCUT2D eigenvalue weighted by atomic mass is 9.97. The Hall–Kier alpha value is -1.39. The van der Waals surface area contributed by atoms with Crippen molar-refractivity contribution < 1.29 is 17.9 Å². The predicted molar refractivity (Wildman–Crippen MR) is 117 cm³/mol. The third kappa shape index (κ3) is 5.61. The van der Waals surface area contributed by atoms with Gasteiger partial charge in [0.1, 0.15) is 9.77 Å². The highest BCUT2D eigenvalue weighted by Gasteiger charge is 2.26. The van der Waals surface area contributed by atoms with Crippen molar-refractivity contribution in [3.8, 4) is 0 Å². The number of benzene rings is 1. The lowest BCUT2D eigenvalue weighted by molar-refractivity contribution is 0.0602. The van der Waals surface area contributed by atoms with Crippen LogP contribution in [0.25, 0.3) is 0 Å². The van der Waals surface area contributed by atoms with Gasteiger partial charge in [-0.05, 0) is 61.2 Å². The van der Waals surface area contributed by atoms with Crippen molar-refractivity contribution in [1.29, 1.82) is 0 Å². The minimum Gasteiger partial charge on any atom is -0.465 e. The Bertz CT molecular complexity index is 935. The van der Waals surface area contributed by atoms with Gasteiger partial charge < -0.3 is 4.74 Å². The van der Waals surface area contributed by atoms with Crippen molar-refractivity contribution >= 4 is 39.1 Å². The van der Waals surface area contributed by atoms with E-state index in [2.05, 4.69) is 44.9 Å². The fourth-order valence-electron chi connectivity index (χ4n) is 3.48.